The van der Waals surface area contributed by atoms with Crippen LogP contribution in [0.5, 0.6) is 0 Å². The SMILES string of the molecule is c1ccc(-c2cc(-c3ccccc3)nc(-c3cc4c(-c5ccc(N(c6ccccc6)c6ccccc6)cc5)nc5ccccc5c4c4ccccc34)n2)cc1. The minimum atomic E-state index is 0.675. The van der Waals surface area contributed by atoms with Gasteiger partial charge in [-0.1, -0.05) is 152 Å². The van der Waals surface area contributed by atoms with Gasteiger partial charge in [-0.3, -0.25) is 0 Å². The van der Waals surface area contributed by atoms with Crippen LogP contribution in [-0.2, 0) is 0 Å². The highest BCUT2D eigenvalue weighted by atomic mass is 15.1. The molecule has 10 aromatic rings. The Labute approximate surface area is 319 Å². The molecule has 2 heterocycles. The maximum absolute atomic E-state index is 5.38. The first-order valence-corrected chi connectivity index (χ1v) is 18.5. The van der Waals surface area contributed by atoms with Crippen LogP contribution in [0.3, 0.4) is 0 Å². The van der Waals surface area contributed by atoms with E-state index >= 15 is 0 Å². The van der Waals surface area contributed by atoms with Crippen molar-refractivity contribution in [1.29, 1.82) is 0 Å². The molecule has 0 bridgehead atoms. The molecule has 0 N–H and O–H groups in total. The Balaban J connectivity index is 1.21. The molecule has 258 valence electrons. The van der Waals surface area contributed by atoms with Crippen molar-refractivity contribution in [2.45, 2.75) is 0 Å². The number of nitrogens with zero attached hydrogens (tertiary/aromatic N) is 4. The van der Waals surface area contributed by atoms with Gasteiger partial charge in [0.25, 0.3) is 0 Å². The van der Waals surface area contributed by atoms with Crippen LogP contribution in [0.4, 0.5) is 17.1 Å². The second-order valence-corrected chi connectivity index (χ2v) is 13.6. The van der Waals surface area contributed by atoms with Gasteiger partial charge in [0.1, 0.15) is 0 Å². The van der Waals surface area contributed by atoms with Crippen LogP contribution in [0.25, 0.3) is 77.6 Å². The summed E-state index contributed by atoms with van der Waals surface area (Å²) in [5, 5.41) is 5.57. The van der Waals surface area contributed by atoms with E-state index in [-0.39, 0.29) is 0 Å². The monoisotopic (exact) mass is 702 g/mol. The smallest absolute Gasteiger partial charge is 0.161 e. The van der Waals surface area contributed by atoms with Gasteiger partial charge >= 0.3 is 0 Å². The largest absolute Gasteiger partial charge is 0.311 e. The molecular formula is C51H34N4. The van der Waals surface area contributed by atoms with Crippen LogP contribution in [0.15, 0.2) is 206 Å². The number of anilines is 3. The zero-order chi connectivity index (χ0) is 36.6. The fraction of sp³-hybridized carbons (Fsp3) is 0. The average Bonchev–Trinajstić information content (AvgIpc) is 3.27. The molecule has 55 heavy (non-hydrogen) atoms. The summed E-state index contributed by atoms with van der Waals surface area (Å²) in [5.74, 6) is 0.675. The molecular weight excluding hydrogens is 669 g/mol. The van der Waals surface area contributed by atoms with Gasteiger partial charge in [-0.25, -0.2) is 15.0 Å². The Hall–Kier alpha value is -7.43. The third-order valence-electron chi connectivity index (χ3n) is 10.2. The van der Waals surface area contributed by atoms with Crippen LogP contribution in [0, 0.1) is 0 Å². The number of hydrogen-bond acceptors (Lipinski definition) is 4. The summed E-state index contributed by atoms with van der Waals surface area (Å²) in [6, 6.07) is 71.9. The van der Waals surface area contributed by atoms with Gasteiger partial charge in [-0.05, 0) is 65.4 Å². The van der Waals surface area contributed by atoms with Crippen LogP contribution < -0.4 is 4.90 Å². The van der Waals surface area contributed by atoms with Crippen molar-refractivity contribution in [2.24, 2.45) is 0 Å². The lowest BCUT2D eigenvalue weighted by Crippen LogP contribution is -2.09. The second kappa shape index (κ2) is 13.8. The molecule has 0 amide bonds. The van der Waals surface area contributed by atoms with Crippen molar-refractivity contribution in [2.75, 3.05) is 4.90 Å². The number of hydrogen-bond donors (Lipinski definition) is 0. The van der Waals surface area contributed by atoms with Crippen molar-refractivity contribution < 1.29 is 0 Å². The van der Waals surface area contributed by atoms with E-state index in [1.807, 2.05) is 12.1 Å². The number of rotatable bonds is 7. The molecule has 0 aliphatic heterocycles. The topological polar surface area (TPSA) is 41.9 Å². The molecule has 0 radical (unpaired) electrons. The normalized spacial score (nSPS) is 11.3. The van der Waals surface area contributed by atoms with E-state index in [1.165, 1.54) is 5.39 Å². The quantitative estimate of drug-likeness (QED) is 0.155. The standard InChI is InChI=1S/C51H34N4/c1-5-17-35(18-6-1)47-34-48(36-19-7-2-8-20-36)54-51(53-47)44-33-45-49(42-26-14-13-25-41(42)44)43-27-15-16-28-46(43)52-50(45)37-29-31-40(32-30-37)55(38-21-9-3-10-22-38)39-23-11-4-12-24-39/h1-34H. The zero-order valence-corrected chi connectivity index (χ0v) is 29.9. The molecule has 0 unspecified atom stereocenters. The molecule has 0 aliphatic carbocycles. The van der Waals surface area contributed by atoms with E-state index in [9.17, 15) is 0 Å². The van der Waals surface area contributed by atoms with Crippen molar-refractivity contribution in [3.63, 3.8) is 0 Å². The first-order valence-electron chi connectivity index (χ1n) is 18.5. The molecule has 0 saturated heterocycles. The fourth-order valence-electron chi connectivity index (χ4n) is 7.67. The van der Waals surface area contributed by atoms with Gasteiger partial charge in [0.2, 0.25) is 0 Å². The number of fused-ring (bicyclic) bond motifs is 5. The minimum Gasteiger partial charge on any atom is -0.311 e. The first-order chi connectivity index (χ1) is 27.3. The minimum absolute atomic E-state index is 0.675. The fourth-order valence-corrected chi connectivity index (χ4v) is 7.67. The molecule has 0 saturated carbocycles. The molecule has 0 atom stereocenters. The number of para-hydroxylation sites is 3. The molecule has 8 aromatic carbocycles. The van der Waals surface area contributed by atoms with E-state index in [0.29, 0.717) is 5.82 Å². The van der Waals surface area contributed by atoms with E-state index in [4.69, 9.17) is 15.0 Å². The summed E-state index contributed by atoms with van der Waals surface area (Å²) in [4.78, 5) is 18.2. The molecule has 0 fully saturated rings. The molecule has 0 spiro atoms. The lowest BCUT2D eigenvalue weighted by molar-refractivity contribution is 1.19. The van der Waals surface area contributed by atoms with Gasteiger partial charge in [-0.15, -0.1) is 0 Å². The maximum Gasteiger partial charge on any atom is 0.161 e. The second-order valence-electron chi connectivity index (χ2n) is 13.6. The van der Waals surface area contributed by atoms with Crippen molar-refractivity contribution in [1.82, 2.24) is 15.0 Å². The molecule has 4 heteroatoms. The Morgan fingerprint density at radius 1 is 0.327 bits per heavy atom. The van der Waals surface area contributed by atoms with Crippen molar-refractivity contribution >= 4 is 49.5 Å². The predicted molar refractivity (Wildman–Crippen MR) is 229 cm³/mol. The lowest BCUT2D eigenvalue weighted by Gasteiger charge is -2.25. The number of benzene rings is 8. The highest BCUT2D eigenvalue weighted by Gasteiger charge is 2.20. The summed E-state index contributed by atoms with van der Waals surface area (Å²) < 4.78 is 0. The highest BCUT2D eigenvalue weighted by Crippen LogP contribution is 2.43. The maximum atomic E-state index is 5.38. The third-order valence-corrected chi connectivity index (χ3v) is 10.2. The summed E-state index contributed by atoms with van der Waals surface area (Å²) in [6.07, 6.45) is 0. The summed E-state index contributed by atoms with van der Waals surface area (Å²) in [6.45, 7) is 0. The van der Waals surface area contributed by atoms with E-state index in [2.05, 4.69) is 199 Å². The van der Waals surface area contributed by atoms with Gasteiger partial charge in [-0.2, -0.15) is 0 Å². The number of pyridine rings is 1. The number of aromatic nitrogens is 3. The molecule has 2 aromatic heterocycles. The van der Waals surface area contributed by atoms with E-state index in [1.54, 1.807) is 0 Å². The van der Waals surface area contributed by atoms with Gasteiger partial charge in [0.05, 0.1) is 22.6 Å². The molecule has 10 rings (SSSR count). The Kier molecular flexibility index (Phi) is 8.12. The Morgan fingerprint density at radius 2 is 0.800 bits per heavy atom. The van der Waals surface area contributed by atoms with E-state index < -0.39 is 0 Å². The van der Waals surface area contributed by atoms with Gasteiger partial charge in [0.15, 0.2) is 5.82 Å². The predicted octanol–water partition coefficient (Wildman–Crippen LogP) is 13.5. The summed E-state index contributed by atoms with van der Waals surface area (Å²) in [7, 11) is 0. The van der Waals surface area contributed by atoms with Crippen LogP contribution in [-0.4, -0.2) is 15.0 Å². The van der Waals surface area contributed by atoms with Gasteiger partial charge in [0, 0.05) is 55.5 Å². The molecule has 0 aliphatic rings. The van der Waals surface area contributed by atoms with Crippen LogP contribution in [0.1, 0.15) is 0 Å². The third kappa shape index (κ3) is 5.96. The van der Waals surface area contributed by atoms with Crippen molar-refractivity contribution in [3.05, 3.63) is 206 Å². The average molecular weight is 703 g/mol. The van der Waals surface area contributed by atoms with Crippen LogP contribution >= 0.6 is 0 Å². The summed E-state index contributed by atoms with van der Waals surface area (Å²) in [5.41, 5.74) is 11.0. The van der Waals surface area contributed by atoms with Crippen molar-refractivity contribution in [3.8, 4) is 45.2 Å². The highest BCUT2D eigenvalue weighted by molar-refractivity contribution is 6.25. The molecule has 4 nitrogen and oxygen atoms in total. The van der Waals surface area contributed by atoms with Gasteiger partial charge < -0.3 is 4.90 Å². The lowest BCUT2D eigenvalue weighted by atomic mass is 9.91. The van der Waals surface area contributed by atoms with Crippen LogP contribution in [0.2, 0.25) is 0 Å². The first kappa shape index (κ1) is 32.2. The Morgan fingerprint density at radius 3 is 1.38 bits per heavy atom. The zero-order valence-electron chi connectivity index (χ0n) is 29.9. The Bertz CT molecular complexity index is 2850. The summed E-state index contributed by atoms with van der Waals surface area (Å²) >= 11 is 0. The van der Waals surface area contributed by atoms with E-state index in [0.717, 1.165) is 83.5 Å².